The van der Waals surface area contributed by atoms with Crippen LogP contribution in [0.5, 0.6) is 0 Å². The number of ether oxygens (including phenoxy) is 1. The lowest BCUT2D eigenvalue weighted by molar-refractivity contribution is -0.121. The van der Waals surface area contributed by atoms with Gasteiger partial charge in [0.2, 0.25) is 5.91 Å². The van der Waals surface area contributed by atoms with Crippen LogP contribution < -0.4 is 5.32 Å². The van der Waals surface area contributed by atoms with Gasteiger partial charge < -0.3 is 14.6 Å². The Hall–Kier alpha value is -1.92. The molecule has 0 bridgehead atoms. The van der Waals surface area contributed by atoms with Crippen molar-refractivity contribution in [1.29, 1.82) is 0 Å². The molecular formula is C19H28N4O2. The number of hydrogen-bond acceptors (Lipinski definition) is 4. The van der Waals surface area contributed by atoms with Crippen LogP contribution in [-0.2, 0) is 23.0 Å². The summed E-state index contributed by atoms with van der Waals surface area (Å²) >= 11 is 0. The summed E-state index contributed by atoms with van der Waals surface area (Å²) in [7, 11) is 2.05. The van der Waals surface area contributed by atoms with Crippen LogP contribution in [-0.4, -0.2) is 59.8 Å². The number of aromatic nitrogens is 2. The molecular weight excluding hydrogens is 316 g/mol. The lowest BCUT2D eigenvalue weighted by Gasteiger charge is -2.26. The van der Waals surface area contributed by atoms with E-state index >= 15 is 0 Å². The average molecular weight is 344 g/mol. The van der Waals surface area contributed by atoms with E-state index in [1.165, 1.54) is 0 Å². The zero-order valence-corrected chi connectivity index (χ0v) is 15.0. The monoisotopic (exact) mass is 344 g/mol. The highest BCUT2D eigenvalue weighted by Gasteiger charge is 2.11. The van der Waals surface area contributed by atoms with E-state index in [-0.39, 0.29) is 5.91 Å². The van der Waals surface area contributed by atoms with Crippen LogP contribution in [0.2, 0.25) is 0 Å². The van der Waals surface area contributed by atoms with E-state index in [0.29, 0.717) is 13.0 Å². The molecule has 1 amide bonds. The van der Waals surface area contributed by atoms with Crippen LogP contribution in [0.25, 0.3) is 11.0 Å². The summed E-state index contributed by atoms with van der Waals surface area (Å²) in [6.07, 6.45) is 3.30. The maximum atomic E-state index is 11.9. The fraction of sp³-hybridized carbons (Fsp3) is 0.579. The van der Waals surface area contributed by atoms with Crippen LogP contribution in [0.4, 0.5) is 0 Å². The third kappa shape index (κ3) is 5.03. The zero-order chi connectivity index (χ0) is 17.5. The predicted octanol–water partition coefficient (Wildman–Crippen LogP) is 1.73. The summed E-state index contributed by atoms with van der Waals surface area (Å²) in [4.78, 5) is 19.0. The molecule has 0 radical (unpaired) electrons. The Balaban J connectivity index is 1.32. The Labute approximate surface area is 149 Å². The number of aryl methyl sites for hydroxylation is 2. The van der Waals surface area contributed by atoms with Gasteiger partial charge in [-0.3, -0.25) is 9.69 Å². The Bertz CT molecular complexity index is 692. The fourth-order valence-electron chi connectivity index (χ4n) is 3.27. The van der Waals surface area contributed by atoms with Gasteiger partial charge in [0.25, 0.3) is 0 Å². The highest BCUT2D eigenvalue weighted by atomic mass is 16.5. The number of imidazole rings is 1. The number of hydrogen-bond donors (Lipinski definition) is 1. The minimum absolute atomic E-state index is 0.151. The second-order valence-electron chi connectivity index (χ2n) is 6.59. The second kappa shape index (κ2) is 8.97. The van der Waals surface area contributed by atoms with Gasteiger partial charge >= 0.3 is 0 Å². The van der Waals surface area contributed by atoms with E-state index in [1.807, 2.05) is 18.2 Å². The van der Waals surface area contributed by atoms with Crippen molar-refractivity contribution in [1.82, 2.24) is 19.8 Å². The quantitative estimate of drug-likeness (QED) is 0.741. The van der Waals surface area contributed by atoms with E-state index in [1.54, 1.807) is 0 Å². The summed E-state index contributed by atoms with van der Waals surface area (Å²) in [6.45, 7) is 5.29. The van der Waals surface area contributed by atoms with Crippen LogP contribution in [0.1, 0.15) is 25.1 Å². The highest BCUT2D eigenvalue weighted by molar-refractivity contribution is 5.76. The van der Waals surface area contributed by atoms with E-state index in [2.05, 4.69) is 32.9 Å². The highest BCUT2D eigenvalue weighted by Crippen LogP contribution is 2.15. The summed E-state index contributed by atoms with van der Waals surface area (Å²) < 4.78 is 7.47. The first-order chi connectivity index (χ1) is 12.2. The first kappa shape index (κ1) is 17.9. The molecule has 0 unspecified atom stereocenters. The van der Waals surface area contributed by atoms with Gasteiger partial charge in [-0.05, 0) is 31.5 Å². The lowest BCUT2D eigenvalue weighted by Crippen LogP contribution is -2.37. The molecule has 6 nitrogen and oxygen atoms in total. The molecule has 2 aromatic rings. The molecule has 1 N–H and O–H groups in total. The molecule has 0 aliphatic carbocycles. The van der Waals surface area contributed by atoms with Crippen molar-refractivity contribution in [2.24, 2.45) is 7.05 Å². The molecule has 6 heteroatoms. The minimum Gasteiger partial charge on any atom is -0.379 e. The number of fused-ring (bicyclic) bond motifs is 1. The molecule has 136 valence electrons. The standard InChI is InChI=1S/C19H28N4O2/c1-22-17-7-3-2-6-16(17)21-18(22)8-4-10-20-19(24)9-5-11-23-12-14-25-15-13-23/h2-3,6-7H,4-5,8-15H2,1H3,(H,20,24). The van der Waals surface area contributed by atoms with Crippen molar-refractivity contribution < 1.29 is 9.53 Å². The van der Waals surface area contributed by atoms with Crippen LogP contribution in [0.15, 0.2) is 24.3 Å². The van der Waals surface area contributed by atoms with Crippen LogP contribution >= 0.6 is 0 Å². The number of morpholine rings is 1. The number of para-hydroxylation sites is 2. The number of amides is 1. The van der Waals surface area contributed by atoms with Gasteiger partial charge in [0.1, 0.15) is 5.82 Å². The summed E-state index contributed by atoms with van der Waals surface area (Å²) in [6, 6.07) is 8.17. The Morgan fingerprint density at radius 1 is 1.24 bits per heavy atom. The zero-order valence-electron chi connectivity index (χ0n) is 15.0. The van der Waals surface area contributed by atoms with E-state index < -0.39 is 0 Å². The normalized spacial score (nSPS) is 15.6. The third-order valence-electron chi connectivity index (χ3n) is 4.76. The number of rotatable bonds is 8. The first-order valence-corrected chi connectivity index (χ1v) is 9.21. The molecule has 25 heavy (non-hydrogen) atoms. The smallest absolute Gasteiger partial charge is 0.220 e. The fourth-order valence-corrected chi connectivity index (χ4v) is 3.27. The molecule has 1 aliphatic heterocycles. The first-order valence-electron chi connectivity index (χ1n) is 9.21. The van der Waals surface area contributed by atoms with E-state index in [4.69, 9.17) is 4.74 Å². The number of nitrogens with one attached hydrogen (secondary N) is 1. The number of carbonyl (C=O) groups is 1. The molecule has 0 saturated carbocycles. The maximum Gasteiger partial charge on any atom is 0.220 e. The molecule has 0 spiro atoms. The van der Waals surface area contributed by atoms with Gasteiger partial charge in [-0.2, -0.15) is 0 Å². The van der Waals surface area contributed by atoms with Gasteiger partial charge in [-0.15, -0.1) is 0 Å². The predicted molar refractivity (Wildman–Crippen MR) is 98.5 cm³/mol. The topological polar surface area (TPSA) is 59.4 Å². The summed E-state index contributed by atoms with van der Waals surface area (Å²) in [5, 5.41) is 3.02. The van der Waals surface area contributed by atoms with Crippen molar-refractivity contribution in [3.63, 3.8) is 0 Å². The average Bonchev–Trinajstić information content (AvgIpc) is 2.96. The molecule has 2 heterocycles. The third-order valence-corrected chi connectivity index (χ3v) is 4.76. The lowest BCUT2D eigenvalue weighted by atomic mass is 10.2. The molecule has 1 saturated heterocycles. The van der Waals surface area contributed by atoms with E-state index in [9.17, 15) is 4.79 Å². The maximum absolute atomic E-state index is 11.9. The van der Waals surface area contributed by atoms with E-state index in [0.717, 1.165) is 69.0 Å². The van der Waals surface area contributed by atoms with Gasteiger partial charge in [0.15, 0.2) is 0 Å². The van der Waals surface area contributed by atoms with Gasteiger partial charge in [0.05, 0.1) is 24.2 Å². The van der Waals surface area contributed by atoms with Gasteiger partial charge in [-0.25, -0.2) is 4.98 Å². The minimum atomic E-state index is 0.151. The largest absolute Gasteiger partial charge is 0.379 e. The SMILES string of the molecule is Cn1c(CCCNC(=O)CCCN2CCOCC2)nc2ccccc21. The van der Waals surface area contributed by atoms with Crippen molar-refractivity contribution in [3.8, 4) is 0 Å². The Kier molecular flexibility index (Phi) is 6.42. The van der Waals surface area contributed by atoms with Gasteiger partial charge in [0, 0.05) is 39.5 Å². The summed E-state index contributed by atoms with van der Waals surface area (Å²) in [5.41, 5.74) is 2.19. The van der Waals surface area contributed by atoms with Gasteiger partial charge in [-0.1, -0.05) is 12.1 Å². The molecule has 1 aromatic heterocycles. The second-order valence-corrected chi connectivity index (χ2v) is 6.59. The van der Waals surface area contributed by atoms with Crippen molar-refractivity contribution in [2.45, 2.75) is 25.7 Å². The molecule has 1 aromatic carbocycles. The summed E-state index contributed by atoms with van der Waals surface area (Å²) in [5.74, 6) is 1.22. The Morgan fingerprint density at radius 2 is 2.04 bits per heavy atom. The van der Waals surface area contributed by atoms with Crippen molar-refractivity contribution >= 4 is 16.9 Å². The molecule has 3 rings (SSSR count). The van der Waals surface area contributed by atoms with Crippen LogP contribution in [0, 0.1) is 0 Å². The Morgan fingerprint density at radius 3 is 2.84 bits per heavy atom. The van der Waals surface area contributed by atoms with Crippen molar-refractivity contribution in [3.05, 3.63) is 30.1 Å². The number of carbonyl (C=O) groups excluding carboxylic acids is 1. The molecule has 1 aliphatic rings. The molecule has 1 fully saturated rings. The van der Waals surface area contributed by atoms with Crippen LogP contribution in [0.3, 0.4) is 0 Å². The van der Waals surface area contributed by atoms with Crippen molar-refractivity contribution in [2.75, 3.05) is 39.4 Å². The number of nitrogens with zero attached hydrogens (tertiary/aromatic N) is 3. The number of benzene rings is 1. The molecule has 0 atom stereocenters.